The molecule has 2 unspecified atom stereocenters. The van der Waals surface area contributed by atoms with Crippen LogP contribution in [-0.2, 0) is 28.5 Å². The van der Waals surface area contributed by atoms with Gasteiger partial charge in [0.05, 0.1) is 39.5 Å². The molecular formula is C29H32O13. The van der Waals surface area contributed by atoms with Crippen molar-refractivity contribution < 1.29 is 62.7 Å². The van der Waals surface area contributed by atoms with Crippen LogP contribution in [0.25, 0.3) is 0 Å². The van der Waals surface area contributed by atoms with Crippen LogP contribution in [0.15, 0.2) is 24.3 Å². The second kappa shape index (κ2) is 10.4. The van der Waals surface area contributed by atoms with Gasteiger partial charge in [0.1, 0.15) is 24.4 Å². The Morgan fingerprint density at radius 2 is 1.57 bits per heavy atom. The molecule has 0 bridgehead atoms. The highest BCUT2D eigenvalue weighted by Gasteiger charge is 2.56. The van der Waals surface area contributed by atoms with Gasteiger partial charge in [0.25, 0.3) is 0 Å². The molecule has 2 aromatic carbocycles. The fourth-order valence-electron chi connectivity index (χ4n) is 6.74. The molecule has 0 amide bonds. The van der Waals surface area contributed by atoms with E-state index < -0.39 is 66.8 Å². The first-order valence-electron chi connectivity index (χ1n) is 13.8. The number of ether oxygens (including phenoxy) is 9. The Morgan fingerprint density at radius 3 is 2.26 bits per heavy atom. The fourth-order valence-corrected chi connectivity index (χ4v) is 6.74. The summed E-state index contributed by atoms with van der Waals surface area (Å²) in [6.45, 7) is 1.93. The Morgan fingerprint density at radius 1 is 0.881 bits per heavy atom. The van der Waals surface area contributed by atoms with Gasteiger partial charge >= 0.3 is 5.97 Å². The maximum Gasteiger partial charge on any atom is 0.310 e. The summed E-state index contributed by atoms with van der Waals surface area (Å²) in [6.07, 6.45) is -6.80. The first-order chi connectivity index (χ1) is 20.3. The van der Waals surface area contributed by atoms with Crippen molar-refractivity contribution in [2.45, 2.75) is 55.9 Å². The van der Waals surface area contributed by atoms with Crippen LogP contribution in [0.4, 0.5) is 0 Å². The lowest BCUT2D eigenvalue weighted by atomic mass is 9.66. The molecule has 10 atom stereocenters. The minimum atomic E-state index is -1.44. The Hall–Kier alpha value is -3.33. The SMILES string of the molecule is COc1cc([C@@H]2c3cc4c(cc3[C@@H](OC3O[C@@H]5CO[C@@H](C)O[C@H]5[C@H](O)[C@H]3O)C3COC(=O)[C@@H]32)OCO4)cc(OC)c1O. The molecule has 1 aliphatic carbocycles. The van der Waals surface area contributed by atoms with Crippen LogP contribution in [0.1, 0.15) is 35.6 Å². The van der Waals surface area contributed by atoms with Gasteiger partial charge in [-0.15, -0.1) is 0 Å². The number of aliphatic hydroxyl groups is 2. The highest BCUT2D eigenvalue weighted by molar-refractivity contribution is 5.79. The van der Waals surface area contributed by atoms with E-state index in [1.807, 2.05) is 0 Å². The molecule has 13 heteroatoms. The summed E-state index contributed by atoms with van der Waals surface area (Å²) in [5.74, 6) is -1.02. The smallest absolute Gasteiger partial charge is 0.310 e. The summed E-state index contributed by atoms with van der Waals surface area (Å²) in [5, 5.41) is 32.5. The van der Waals surface area contributed by atoms with Crippen molar-refractivity contribution in [1.82, 2.24) is 0 Å². The van der Waals surface area contributed by atoms with Gasteiger partial charge in [-0.2, -0.15) is 0 Å². The van der Waals surface area contributed by atoms with E-state index in [9.17, 15) is 20.1 Å². The molecule has 4 aliphatic heterocycles. The molecule has 226 valence electrons. The minimum Gasteiger partial charge on any atom is -0.502 e. The summed E-state index contributed by atoms with van der Waals surface area (Å²) in [4.78, 5) is 13.4. The Labute approximate surface area is 240 Å². The van der Waals surface area contributed by atoms with E-state index in [-0.39, 0.29) is 37.3 Å². The average molecular weight is 589 g/mol. The monoisotopic (exact) mass is 588 g/mol. The zero-order chi connectivity index (χ0) is 29.3. The lowest BCUT2D eigenvalue weighted by Gasteiger charge is -2.47. The van der Waals surface area contributed by atoms with E-state index >= 15 is 0 Å². The van der Waals surface area contributed by atoms with Crippen molar-refractivity contribution in [2.24, 2.45) is 11.8 Å². The van der Waals surface area contributed by atoms with Crippen molar-refractivity contribution in [2.75, 3.05) is 34.2 Å². The molecule has 3 saturated heterocycles. The summed E-state index contributed by atoms with van der Waals surface area (Å²) in [5.41, 5.74) is 2.01. The number of carbonyl (C=O) groups excluding carboxylic acids is 1. The number of hydrogen-bond donors (Lipinski definition) is 3. The number of esters is 1. The summed E-state index contributed by atoms with van der Waals surface area (Å²) in [6, 6.07) is 6.93. The van der Waals surface area contributed by atoms with E-state index in [2.05, 4.69) is 0 Å². The molecule has 5 aliphatic rings. The largest absolute Gasteiger partial charge is 0.502 e. The molecule has 4 heterocycles. The molecule has 3 N–H and O–H groups in total. The summed E-state index contributed by atoms with van der Waals surface area (Å²) in [7, 11) is 2.86. The van der Waals surface area contributed by atoms with E-state index in [0.29, 0.717) is 28.2 Å². The highest BCUT2D eigenvalue weighted by atomic mass is 16.8. The van der Waals surface area contributed by atoms with Gasteiger partial charge in [-0.05, 0) is 47.9 Å². The van der Waals surface area contributed by atoms with Crippen LogP contribution in [0.5, 0.6) is 28.7 Å². The molecular weight excluding hydrogens is 556 g/mol. The number of benzene rings is 2. The normalized spacial score (nSPS) is 36.5. The molecule has 0 aromatic heterocycles. The number of hydrogen-bond acceptors (Lipinski definition) is 13. The highest BCUT2D eigenvalue weighted by Crippen LogP contribution is 2.57. The molecule has 7 rings (SSSR count). The molecule has 42 heavy (non-hydrogen) atoms. The van der Waals surface area contributed by atoms with Gasteiger partial charge in [0.2, 0.25) is 12.5 Å². The predicted molar refractivity (Wildman–Crippen MR) is 138 cm³/mol. The van der Waals surface area contributed by atoms with Crippen molar-refractivity contribution in [3.63, 3.8) is 0 Å². The van der Waals surface area contributed by atoms with E-state index in [0.717, 1.165) is 0 Å². The number of phenols is 1. The molecule has 3 fully saturated rings. The molecule has 0 radical (unpaired) electrons. The Balaban J connectivity index is 1.32. The third-order valence-electron chi connectivity index (χ3n) is 8.75. The van der Waals surface area contributed by atoms with Gasteiger partial charge in [-0.1, -0.05) is 0 Å². The standard InChI is InChI=1S/C29H32O13/c1-11-36-9-20-27(40-11)24(31)25(32)29(41-20)42-26-14-7-17-16(38-10-39-17)6-13(14)21(22-15(26)8-37-28(22)33)12-4-18(34-2)23(30)19(5-12)35-3/h4-7,11,15,20-22,24-27,29-32H,8-10H2,1-3H3/t11-,15?,20-,21-,22+,24-,25-,26-,27-,29?/m1/s1. The Kier molecular flexibility index (Phi) is 6.83. The molecule has 0 saturated carbocycles. The Bertz CT molecular complexity index is 1350. The number of cyclic esters (lactones) is 1. The number of rotatable bonds is 5. The van der Waals surface area contributed by atoms with Gasteiger partial charge in [-0.25, -0.2) is 0 Å². The van der Waals surface area contributed by atoms with Crippen LogP contribution in [0.3, 0.4) is 0 Å². The third-order valence-corrected chi connectivity index (χ3v) is 8.75. The number of carbonyl (C=O) groups is 1. The molecule has 13 nitrogen and oxygen atoms in total. The topological polar surface area (TPSA) is 161 Å². The van der Waals surface area contributed by atoms with Crippen molar-refractivity contribution in [3.05, 3.63) is 41.0 Å². The predicted octanol–water partition coefficient (Wildman–Crippen LogP) is 1.34. The lowest BCUT2D eigenvalue weighted by Crippen LogP contribution is -2.63. The average Bonchev–Trinajstić information content (AvgIpc) is 3.61. The zero-order valence-corrected chi connectivity index (χ0v) is 23.1. The summed E-state index contributed by atoms with van der Waals surface area (Å²) >= 11 is 0. The molecule has 2 aromatic rings. The number of phenolic OH excluding ortho intramolecular Hbond substituents is 1. The maximum atomic E-state index is 13.4. The third kappa shape index (κ3) is 4.26. The quantitative estimate of drug-likeness (QED) is 0.430. The lowest BCUT2D eigenvalue weighted by molar-refractivity contribution is -0.364. The van der Waals surface area contributed by atoms with Crippen LogP contribution in [0, 0.1) is 11.8 Å². The number of fused-ring (bicyclic) bond motifs is 4. The summed E-state index contributed by atoms with van der Waals surface area (Å²) < 4.78 is 51.5. The second-order valence-corrected chi connectivity index (χ2v) is 11.0. The first-order valence-corrected chi connectivity index (χ1v) is 13.8. The van der Waals surface area contributed by atoms with Gasteiger partial charge in [-0.3, -0.25) is 4.79 Å². The van der Waals surface area contributed by atoms with Gasteiger partial charge in [0.15, 0.2) is 35.6 Å². The second-order valence-electron chi connectivity index (χ2n) is 11.0. The zero-order valence-electron chi connectivity index (χ0n) is 23.1. The van der Waals surface area contributed by atoms with E-state index in [1.54, 1.807) is 31.2 Å². The first kappa shape index (κ1) is 27.5. The number of aliphatic hydroxyl groups excluding tert-OH is 2. The van der Waals surface area contributed by atoms with Gasteiger partial charge < -0.3 is 58.0 Å². The van der Waals surface area contributed by atoms with Crippen molar-refractivity contribution >= 4 is 5.97 Å². The van der Waals surface area contributed by atoms with Crippen LogP contribution >= 0.6 is 0 Å². The van der Waals surface area contributed by atoms with E-state index in [4.69, 9.17) is 42.6 Å². The van der Waals surface area contributed by atoms with Crippen LogP contribution in [0.2, 0.25) is 0 Å². The van der Waals surface area contributed by atoms with Crippen molar-refractivity contribution in [1.29, 1.82) is 0 Å². The van der Waals surface area contributed by atoms with Gasteiger partial charge in [0, 0.05) is 11.8 Å². The molecule has 0 spiro atoms. The maximum absolute atomic E-state index is 13.4. The van der Waals surface area contributed by atoms with E-state index in [1.165, 1.54) is 14.2 Å². The minimum absolute atomic E-state index is 0.0301. The van der Waals surface area contributed by atoms with Crippen molar-refractivity contribution in [3.8, 4) is 28.7 Å². The number of methoxy groups -OCH3 is 2. The number of aromatic hydroxyl groups is 1. The van der Waals surface area contributed by atoms with Crippen LogP contribution < -0.4 is 18.9 Å². The van der Waals surface area contributed by atoms with Crippen LogP contribution in [-0.4, -0.2) is 92.5 Å². The fraction of sp³-hybridized carbons (Fsp3) is 0.552.